The molecule has 0 aliphatic heterocycles. The number of pyridine rings is 2. The number of rotatable bonds is 13. The van der Waals surface area contributed by atoms with Crippen molar-refractivity contribution in [1.82, 2.24) is 19.1 Å². The fraction of sp³-hybridized carbons (Fsp3) is 0.120. The maximum absolute atomic E-state index is 14.1. The predicted molar refractivity (Wildman–Crippen MR) is 247 cm³/mol. The summed E-state index contributed by atoms with van der Waals surface area (Å²) in [5, 5.41) is 9.33. The average Bonchev–Trinajstić information content (AvgIpc) is 3.88. The zero-order valence-corrected chi connectivity index (χ0v) is 38.5. The number of nitrogens with zero attached hydrogens (tertiary/aromatic N) is 4. The lowest BCUT2D eigenvalue weighted by Crippen LogP contribution is -2.08. The van der Waals surface area contributed by atoms with Crippen molar-refractivity contribution in [3.05, 3.63) is 200 Å². The predicted octanol–water partition coefficient (Wildman–Crippen LogP) is 12.8. The molecule has 0 bridgehead atoms. The van der Waals surface area contributed by atoms with Crippen LogP contribution in [0.4, 0.5) is 17.6 Å². The first-order valence-corrected chi connectivity index (χ1v) is 21.7. The Morgan fingerprint density at radius 3 is 1.48 bits per heavy atom. The molecule has 4 aromatic carbocycles. The number of ether oxygens (including phenoxy) is 3. The van der Waals surface area contributed by atoms with Crippen LogP contribution in [0.15, 0.2) is 143 Å². The summed E-state index contributed by atoms with van der Waals surface area (Å²) in [4.78, 5) is 31.9. The second-order valence-corrected chi connectivity index (χ2v) is 16.4. The van der Waals surface area contributed by atoms with Crippen molar-refractivity contribution >= 4 is 43.8 Å². The van der Waals surface area contributed by atoms with Gasteiger partial charge in [-0.3, -0.25) is 9.97 Å². The van der Waals surface area contributed by atoms with Gasteiger partial charge in [-0.05, 0) is 118 Å². The number of aryl methyl sites for hydroxylation is 2. The van der Waals surface area contributed by atoms with Crippen LogP contribution in [-0.4, -0.2) is 42.8 Å². The minimum absolute atomic E-state index is 0.0686. The Balaban J connectivity index is 0.000000197. The number of aromatic carboxylic acids is 1. The third-order valence-electron chi connectivity index (χ3n) is 10.1. The fourth-order valence-corrected chi connectivity index (χ4v) is 7.69. The Morgan fingerprint density at radius 1 is 0.591 bits per heavy atom. The molecule has 0 spiro atoms. The molecule has 1 N–H and O–H groups in total. The Morgan fingerprint density at radius 2 is 1.05 bits per heavy atom. The van der Waals surface area contributed by atoms with Gasteiger partial charge in [0, 0.05) is 67.1 Å². The molecule has 0 aliphatic carbocycles. The topological polar surface area (TPSA) is 118 Å². The van der Waals surface area contributed by atoms with Gasteiger partial charge in [0.25, 0.3) is 0 Å². The summed E-state index contributed by atoms with van der Waals surface area (Å²) >= 11 is 6.98. The quantitative estimate of drug-likeness (QED) is 0.0896. The highest BCUT2D eigenvalue weighted by Crippen LogP contribution is 2.38. The van der Waals surface area contributed by atoms with Crippen LogP contribution < -0.4 is 9.47 Å². The van der Waals surface area contributed by atoms with E-state index in [2.05, 4.69) is 41.8 Å². The van der Waals surface area contributed by atoms with Gasteiger partial charge < -0.3 is 28.5 Å². The van der Waals surface area contributed by atoms with E-state index >= 15 is 0 Å². The lowest BCUT2D eigenvalue weighted by atomic mass is 10.1. The largest absolute Gasteiger partial charge is 0.488 e. The third-order valence-corrected chi connectivity index (χ3v) is 11.1. The molecule has 10 nitrogen and oxygen atoms in total. The standard InChI is InChI=1S/C26H21BrF2N2O3.C24H17BrF2N2O3/c1-3-33-26(32)18-10-21(14-30-13-18)31-16(2)4-8-24(31)22-11-19(27)6-9-25(22)34-15-17-5-7-20(28)12-23(17)29;1-14-2-6-22(29(14)19-8-16(24(30)31)11-28-12-19)20-9-17(25)4-7-23(20)32-13-15-3-5-18(26)10-21(15)27/h4-14H,3,15H2,1-2H3;2-12H,13H2,1H3,(H,30,31). The molecular weight excluding hydrogens is 988 g/mol. The first-order chi connectivity index (χ1) is 31.7. The second kappa shape index (κ2) is 20.9. The van der Waals surface area contributed by atoms with Gasteiger partial charge in [-0.25, -0.2) is 27.2 Å². The molecule has 4 heterocycles. The molecule has 0 saturated carbocycles. The van der Waals surface area contributed by atoms with E-state index in [1.807, 2.05) is 65.4 Å². The average molecular weight is 1030 g/mol. The highest BCUT2D eigenvalue weighted by molar-refractivity contribution is 9.10. The molecule has 0 aliphatic rings. The first kappa shape index (κ1) is 46.9. The van der Waals surface area contributed by atoms with E-state index in [-0.39, 0.29) is 36.5 Å². The molecule has 4 aromatic heterocycles. The van der Waals surface area contributed by atoms with Gasteiger partial charge in [0.2, 0.25) is 0 Å². The summed E-state index contributed by atoms with van der Waals surface area (Å²) < 4.78 is 77.0. The van der Waals surface area contributed by atoms with Crippen molar-refractivity contribution < 1.29 is 46.5 Å². The van der Waals surface area contributed by atoms with Crippen LogP contribution in [0.25, 0.3) is 33.9 Å². The van der Waals surface area contributed by atoms with Gasteiger partial charge in [-0.1, -0.05) is 31.9 Å². The number of hydrogen-bond acceptors (Lipinski definition) is 7. The van der Waals surface area contributed by atoms with E-state index in [4.69, 9.17) is 14.2 Å². The fourth-order valence-electron chi connectivity index (χ4n) is 6.97. The van der Waals surface area contributed by atoms with Crippen molar-refractivity contribution in [3.8, 4) is 45.4 Å². The van der Waals surface area contributed by atoms with Crippen molar-refractivity contribution in [3.63, 3.8) is 0 Å². The molecule has 66 heavy (non-hydrogen) atoms. The Kier molecular flexibility index (Phi) is 14.8. The number of carbonyl (C=O) groups is 2. The number of hydrogen-bond donors (Lipinski definition) is 1. The molecule has 16 heteroatoms. The van der Waals surface area contributed by atoms with E-state index in [0.29, 0.717) is 34.0 Å². The second-order valence-electron chi connectivity index (χ2n) is 14.6. The maximum atomic E-state index is 14.1. The number of carbonyl (C=O) groups excluding carboxylic acids is 1. The molecule has 0 saturated heterocycles. The minimum atomic E-state index is -1.07. The first-order valence-electron chi connectivity index (χ1n) is 20.1. The molecule has 336 valence electrons. The summed E-state index contributed by atoms with van der Waals surface area (Å²) in [6.07, 6.45) is 5.99. The normalized spacial score (nSPS) is 10.9. The molecular formula is C50H38Br2F4N4O6. The van der Waals surface area contributed by atoms with E-state index in [1.165, 1.54) is 42.7 Å². The molecule has 0 fully saturated rings. The van der Waals surface area contributed by atoms with E-state index < -0.39 is 35.2 Å². The molecule has 0 radical (unpaired) electrons. The van der Waals surface area contributed by atoms with Gasteiger partial charge in [-0.15, -0.1) is 0 Å². The molecule has 0 amide bonds. The van der Waals surface area contributed by atoms with Crippen LogP contribution in [0.2, 0.25) is 0 Å². The van der Waals surface area contributed by atoms with Gasteiger partial charge in [0.15, 0.2) is 0 Å². The monoisotopic (exact) mass is 1020 g/mol. The smallest absolute Gasteiger partial charge is 0.339 e. The molecule has 8 aromatic rings. The van der Waals surface area contributed by atoms with Gasteiger partial charge in [0.05, 0.1) is 52.9 Å². The lowest BCUT2D eigenvalue weighted by molar-refractivity contribution is 0.0525. The number of benzene rings is 4. The van der Waals surface area contributed by atoms with Gasteiger partial charge >= 0.3 is 11.9 Å². The summed E-state index contributed by atoms with van der Waals surface area (Å²) in [5.41, 5.74) is 6.89. The number of carboxylic acids is 1. The zero-order chi connectivity index (χ0) is 47.1. The third kappa shape index (κ3) is 10.9. The van der Waals surface area contributed by atoms with Crippen molar-refractivity contribution in [1.29, 1.82) is 0 Å². The minimum Gasteiger partial charge on any atom is -0.488 e. The van der Waals surface area contributed by atoms with Crippen LogP contribution in [0.3, 0.4) is 0 Å². The van der Waals surface area contributed by atoms with E-state index in [1.54, 1.807) is 43.6 Å². The van der Waals surface area contributed by atoms with Crippen LogP contribution in [-0.2, 0) is 18.0 Å². The van der Waals surface area contributed by atoms with Crippen LogP contribution in [0, 0.1) is 37.1 Å². The Labute approximate surface area is 393 Å². The molecule has 8 rings (SSSR count). The van der Waals surface area contributed by atoms with Crippen molar-refractivity contribution in [2.24, 2.45) is 0 Å². The zero-order valence-electron chi connectivity index (χ0n) is 35.4. The molecule has 0 unspecified atom stereocenters. The maximum Gasteiger partial charge on any atom is 0.339 e. The van der Waals surface area contributed by atoms with Gasteiger partial charge in [-0.2, -0.15) is 0 Å². The summed E-state index contributed by atoms with van der Waals surface area (Å²) in [6, 6.07) is 28.5. The molecule has 0 atom stereocenters. The van der Waals surface area contributed by atoms with Crippen molar-refractivity contribution in [2.75, 3.05) is 6.61 Å². The SMILES string of the molecule is CCOC(=O)c1cncc(-n2c(C)ccc2-c2cc(Br)ccc2OCc2ccc(F)cc2F)c1.Cc1ccc(-c2cc(Br)ccc2OCc2ccc(F)cc2F)n1-c1cncc(C(=O)O)c1. The van der Waals surface area contributed by atoms with Gasteiger partial charge in [0.1, 0.15) is 48.0 Å². The highest BCUT2D eigenvalue weighted by Gasteiger charge is 2.19. The lowest BCUT2D eigenvalue weighted by Gasteiger charge is -2.16. The summed E-state index contributed by atoms with van der Waals surface area (Å²) in [7, 11) is 0. The Hall–Kier alpha value is -7.04. The summed E-state index contributed by atoms with van der Waals surface area (Å²) in [5.74, 6) is -3.16. The van der Waals surface area contributed by atoms with Crippen LogP contribution in [0.5, 0.6) is 11.5 Å². The number of esters is 1. The highest BCUT2D eigenvalue weighted by atomic mass is 79.9. The van der Waals surface area contributed by atoms with E-state index in [0.717, 1.165) is 49.4 Å². The van der Waals surface area contributed by atoms with Crippen LogP contribution >= 0.6 is 31.9 Å². The Bertz CT molecular complexity index is 3080. The number of carboxylic acid groups (broad SMARTS) is 1. The number of halogens is 6. The van der Waals surface area contributed by atoms with Crippen molar-refractivity contribution in [2.45, 2.75) is 34.0 Å². The number of aromatic nitrogens is 4. The van der Waals surface area contributed by atoms with Crippen LogP contribution in [0.1, 0.15) is 50.2 Å². The van der Waals surface area contributed by atoms with E-state index in [9.17, 15) is 32.3 Å². The summed E-state index contributed by atoms with van der Waals surface area (Å²) in [6.45, 7) is 5.69.